The minimum absolute atomic E-state index is 0. The Bertz CT molecular complexity index is 332. The monoisotopic (exact) mass is 275 g/mol. The maximum atomic E-state index is 5.73. The Morgan fingerprint density at radius 1 is 1.24 bits per heavy atom. The van der Waals surface area contributed by atoms with Crippen LogP contribution in [0, 0.1) is 0 Å². The van der Waals surface area contributed by atoms with E-state index in [1.165, 1.54) is 12.8 Å². The van der Waals surface area contributed by atoms with Crippen molar-refractivity contribution in [3.63, 3.8) is 0 Å². The SMILES string of the molecule is CC(C)N1CCC(c2ccc(Cl)nn2)CC1.Cl. The van der Waals surface area contributed by atoms with E-state index in [4.69, 9.17) is 11.6 Å². The molecule has 0 spiro atoms. The predicted molar refractivity (Wildman–Crippen MR) is 73.0 cm³/mol. The summed E-state index contributed by atoms with van der Waals surface area (Å²) in [4.78, 5) is 2.51. The standard InChI is InChI=1S/C12H18ClN3.ClH/c1-9(2)16-7-5-10(6-8-16)11-3-4-12(13)15-14-11;/h3-4,9-10H,5-8H2,1-2H3;1H. The van der Waals surface area contributed by atoms with E-state index in [-0.39, 0.29) is 12.4 Å². The van der Waals surface area contributed by atoms with Gasteiger partial charge >= 0.3 is 0 Å². The molecule has 1 aromatic heterocycles. The molecule has 1 fully saturated rings. The van der Waals surface area contributed by atoms with Gasteiger partial charge in [0, 0.05) is 12.0 Å². The topological polar surface area (TPSA) is 29.0 Å². The average Bonchev–Trinajstić information content (AvgIpc) is 2.30. The molecular weight excluding hydrogens is 257 g/mol. The molecule has 0 unspecified atom stereocenters. The van der Waals surface area contributed by atoms with Gasteiger partial charge in [0.05, 0.1) is 5.69 Å². The van der Waals surface area contributed by atoms with Crippen molar-refractivity contribution in [1.29, 1.82) is 0 Å². The molecule has 1 saturated heterocycles. The van der Waals surface area contributed by atoms with Crippen LogP contribution in [0.2, 0.25) is 5.15 Å². The smallest absolute Gasteiger partial charge is 0.151 e. The van der Waals surface area contributed by atoms with Gasteiger partial charge < -0.3 is 4.90 Å². The lowest BCUT2D eigenvalue weighted by atomic mass is 9.93. The first-order chi connectivity index (χ1) is 7.66. The highest BCUT2D eigenvalue weighted by atomic mass is 35.5. The van der Waals surface area contributed by atoms with Gasteiger partial charge in [-0.2, -0.15) is 5.10 Å². The fourth-order valence-electron chi connectivity index (χ4n) is 2.26. The third-order valence-corrected chi connectivity index (χ3v) is 3.53. The highest BCUT2D eigenvalue weighted by Gasteiger charge is 2.22. The van der Waals surface area contributed by atoms with Crippen LogP contribution in [0.1, 0.15) is 38.3 Å². The summed E-state index contributed by atoms with van der Waals surface area (Å²) in [5.74, 6) is 0.555. The molecule has 1 aromatic rings. The van der Waals surface area contributed by atoms with Crippen LogP contribution < -0.4 is 0 Å². The zero-order valence-corrected chi connectivity index (χ0v) is 11.8. The average molecular weight is 276 g/mol. The molecule has 0 amide bonds. The van der Waals surface area contributed by atoms with Crippen LogP contribution in [0.4, 0.5) is 0 Å². The van der Waals surface area contributed by atoms with E-state index in [1.54, 1.807) is 0 Å². The summed E-state index contributed by atoms with van der Waals surface area (Å²) < 4.78 is 0. The fourth-order valence-corrected chi connectivity index (χ4v) is 2.36. The summed E-state index contributed by atoms with van der Waals surface area (Å²) in [5.41, 5.74) is 1.09. The van der Waals surface area contributed by atoms with Crippen LogP contribution in [0.3, 0.4) is 0 Å². The van der Waals surface area contributed by atoms with Crippen molar-refractivity contribution in [2.45, 2.75) is 38.6 Å². The third-order valence-electron chi connectivity index (χ3n) is 3.33. The summed E-state index contributed by atoms with van der Waals surface area (Å²) in [5, 5.41) is 8.56. The van der Waals surface area contributed by atoms with Gasteiger partial charge in [0.2, 0.25) is 0 Å². The van der Waals surface area contributed by atoms with Crippen molar-refractivity contribution in [2.24, 2.45) is 0 Å². The molecule has 0 N–H and O–H groups in total. The fraction of sp³-hybridized carbons (Fsp3) is 0.667. The summed E-state index contributed by atoms with van der Waals surface area (Å²) >= 11 is 5.73. The molecule has 0 bridgehead atoms. The van der Waals surface area contributed by atoms with Crippen LogP contribution in [0.5, 0.6) is 0 Å². The number of hydrogen-bond donors (Lipinski definition) is 0. The molecule has 0 saturated carbocycles. The second-order valence-corrected chi connectivity index (χ2v) is 5.07. The molecule has 17 heavy (non-hydrogen) atoms. The molecule has 0 aliphatic carbocycles. The van der Waals surface area contributed by atoms with Crippen LogP contribution in [0.25, 0.3) is 0 Å². The van der Waals surface area contributed by atoms with Crippen molar-refractivity contribution < 1.29 is 0 Å². The molecule has 0 aromatic carbocycles. The maximum Gasteiger partial charge on any atom is 0.151 e. The predicted octanol–water partition coefficient (Wildman–Crippen LogP) is 3.14. The molecule has 0 radical (unpaired) electrons. The first-order valence-corrected chi connectivity index (χ1v) is 6.28. The second-order valence-electron chi connectivity index (χ2n) is 4.68. The van der Waals surface area contributed by atoms with E-state index in [9.17, 15) is 0 Å². The lowest BCUT2D eigenvalue weighted by Crippen LogP contribution is -2.38. The van der Waals surface area contributed by atoms with Gasteiger partial charge in [0.1, 0.15) is 0 Å². The first-order valence-electron chi connectivity index (χ1n) is 5.90. The van der Waals surface area contributed by atoms with Crippen LogP contribution in [0.15, 0.2) is 12.1 Å². The van der Waals surface area contributed by atoms with Crippen molar-refractivity contribution >= 4 is 24.0 Å². The van der Waals surface area contributed by atoms with Gasteiger partial charge in [-0.25, -0.2) is 0 Å². The lowest BCUT2D eigenvalue weighted by Gasteiger charge is -2.34. The Hall–Kier alpha value is -0.380. The van der Waals surface area contributed by atoms with Gasteiger partial charge in [-0.3, -0.25) is 0 Å². The second kappa shape index (κ2) is 6.53. The number of piperidine rings is 1. The zero-order valence-electron chi connectivity index (χ0n) is 10.3. The van der Waals surface area contributed by atoms with E-state index in [0.717, 1.165) is 18.8 Å². The molecule has 96 valence electrons. The number of aromatic nitrogens is 2. The Balaban J connectivity index is 0.00000144. The van der Waals surface area contributed by atoms with Crippen molar-refractivity contribution in [1.82, 2.24) is 15.1 Å². The zero-order chi connectivity index (χ0) is 11.5. The summed E-state index contributed by atoms with van der Waals surface area (Å²) in [7, 11) is 0. The Morgan fingerprint density at radius 2 is 1.88 bits per heavy atom. The number of hydrogen-bond acceptors (Lipinski definition) is 3. The van der Waals surface area contributed by atoms with Crippen molar-refractivity contribution in [2.75, 3.05) is 13.1 Å². The van der Waals surface area contributed by atoms with E-state index < -0.39 is 0 Å². The van der Waals surface area contributed by atoms with Gasteiger partial charge in [-0.1, -0.05) is 11.6 Å². The molecule has 1 aliphatic rings. The number of rotatable bonds is 2. The summed E-state index contributed by atoms with van der Waals surface area (Å²) in [6.07, 6.45) is 2.35. The summed E-state index contributed by atoms with van der Waals surface area (Å²) in [6, 6.07) is 4.49. The normalized spacial score (nSPS) is 18.1. The molecule has 1 aliphatic heterocycles. The molecule has 3 nitrogen and oxygen atoms in total. The van der Waals surface area contributed by atoms with Crippen LogP contribution >= 0.6 is 24.0 Å². The quantitative estimate of drug-likeness (QED) is 0.831. The Morgan fingerprint density at radius 3 is 2.35 bits per heavy atom. The number of halogens is 2. The van der Waals surface area contributed by atoms with E-state index >= 15 is 0 Å². The highest BCUT2D eigenvalue weighted by molar-refractivity contribution is 6.29. The molecular formula is C12H19Cl2N3. The van der Waals surface area contributed by atoms with Gasteiger partial charge in [0.25, 0.3) is 0 Å². The molecule has 0 atom stereocenters. The Labute approximate surface area is 114 Å². The number of likely N-dealkylation sites (tertiary alicyclic amines) is 1. The van der Waals surface area contributed by atoms with Gasteiger partial charge in [0.15, 0.2) is 5.15 Å². The lowest BCUT2D eigenvalue weighted by molar-refractivity contribution is 0.170. The van der Waals surface area contributed by atoms with Crippen LogP contribution in [-0.4, -0.2) is 34.2 Å². The van der Waals surface area contributed by atoms with Crippen molar-refractivity contribution in [3.05, 3.63) is 23.0 Å². The highest BCUT2D eigenvalue weighted by Crippen LogP contribution is 2.27. The third kappa shape index (κ3) is 3.80. The van der Waals surface area contributed by atoms with Crippen molar-refractivity contribution in [3.8, 4) is 0 Å². The molecule has 2 heterocycles. The Kier molecular flexibility index (Phi) is 5.63. The van der Waals surface area contributed by atoms with Gasteiger partial charge in [-0.15, -0.1) is 17.5 Å². The minimum Gasteiger partial charge on any atom is -0.301 e. The van der Waals surface area contributed by atoms with E-state index in [1.807, 2.05) is 12.1 Å². The minimum atomic E-state index is 0. The maximum absolute atomic E-state index is 5.73. The number of nitrogens with zero attached hydrogens (tertiary/aromatic N) is 3. The van der Waals surface area contributed by atoms with E-state index in [2.05, 4.69) is 28.9 Å². The first kappa shape index (κ1) is 14.7. The molecule has 5 heteroatoms. The van der Waals surface area contributed by atoms with E-state index in [0.29, 0.717) is 17.1 Å². The van der Waals surface area contributed by atoms with Gasteiger partial charge in [-0.05, 0) is 51.9 Å². The summed E-state index contributed by atoms with van der Waals surface area (Å²) in [6.45, 7) is 6.82. The van der Waals surface area contributed by atoms with Crippen LogP contribution in [-0.2, 0) is 0 Å². The molecule has 2 rings (SSSR count). The largest absolute Gasteiger partial charge is 0.301 e.